The van der Waals surface area contributed by atoms with Gasteiger partial charge >= 0.3 is 0 Å². The molecule has 5 heteroatoms. The van der Waals surface area contributed by atoms with Crippen molar-refractivity contribution in [1.82, 2.24) is 0 Å². The lowest BCUT2D eigenvalue weighted by Gasteiger charge is -2.03. The smallest absolute Gasteiger partial charge is 0.264 e. The Morgan fingerprint density at radius 1 is 1.20 bits per heavy atom. The highest BCUT2D eigenvalue weighted by Crippen LogP contribution is 2.11. The third-order valence-electron chi connectivity index (χ3n) is 1.85. The summed E-state index contributed by atoms with van der Waals surface area (Å²) in [6.45, 7) is 0.172. The minimum atomic E-state index is -3.33. The summed E-state index contributed by atoms with van der Waals surface area (Å²) in [5.74, 6) is 0.780. The lowest BCUT2D eigenvalue weighted by Crippen LogP contribution is -2.06. The van der Waals surface area contributed by atoms with E-state index in [1.807, 2.05) is 24.3 Å². The van der Waals surface area contributed by atoms with Crippen LogP contribution < -0.4 is 4.74 Å². The quantitative estimate of drug-likeness (QED) is 0.713. The highest BCUT2D eigenvalue weighted by atomic mass is 32.2. The van der Waals surface area contributed by atoms with Crippen LogP contribution in [0.5, 0.6) is 5.75 Å². The topological polar surface area (TPSA) is 52.6 Å². The Hall–Kier alpha value is -1.07. The first-order valence-corrected chi connectivity index (χ1v) is 6.30. The van der Waals surface area contributed by atoms with Crippen LogP contribution in [0.4, 0.5) is 0 Å². The highest BCUT2D eigenvalue weighted by Gasteiger charge is 2.01. The van der Waals surface area contributed by atoms with Crippen LogP contribution in [-0.4, -0.2) is 28.4 Å². The van der Waals surface area contributed by atoms with E-state index in [1.165, 1.54) is 0 Å². The van der Waals surface area contributed by atoms with Gasteiger partial charge in [0.15, 0.2) is 0 Å². The Morgan fingerprint density at radius 2 is 1.80 bits per heavy atom. The molecule has 0 aromatic heterocycles. The molecule has 0 saturated heterocycles. The molecule has 0 aliphatic heterocycles. The molecular formula is C10H14O4S. The third-order valence-corrected chi connectivity index (χ3v) is 2.44. The first kappa shape index (κ1) is 12.0. The molecule has 15 heavy (non-hydrogen) atoms. The van der Waals surface area contributed by atoms with Crippen molar-refractivity contribution in [3.8, 4) is 5.75 Å². The molecule has 0 unspecified atom stereocenters. The van der Waals surface area contributed by atoms with Gasteiger partial charge in [-0.3, -0.25) is 4.18 Å². The Balaban J connectivity index is 2.45. The Kier molecular flexibility index (Phi) is 4.11. The van der Waals surface area contributed by atoms with Crippen LogP contribution >= 0.6 is 0 Å². The number of ether oxygens (including phenoxy) is 1. The summed E-state index contributed by atoms with van der Waals surface area (Å²) in [5.41, 5.74) is 1.01. The molecule has 0 atom stereocenters. The molecule has 0 N–H and O–H groups in total. The SMILES string of the molecule is COc1ccc(CCOS(C)(=O)=O)cc1. The summed E-state index contributed by atoms with van der Waals surface area (Å²) in [6.07, 6.45) is 1.61. The number of methoxy groups -OCH3 is 1. The molecule has 1 rings (SSSR count). The molecule has 0 fully saturated rings. The molecular weight excluding hydrogens is 216 g/mol. The van der Waals surface area contributed by atoms with Crippen LogP contribution in [0.1, 0.15) is 5.56 Å². The lowest BCUT2D eigenvalue weighted by molar-refractivity contribution is 0.326. The second-order valence-corrected chi connectivity index (χ2v) is 4.77. The molecule has 1 aromatic carbocycles. The van der Waals surface area contributed by atoms with Crippen molar-refractivity contribution in [1.29, 1.82) is 0 Å². The molecule has 0 aliphatic carbocycles. The molecule has 0 radical (unpaired) electrons. The van der Waals surface area contributed by atoms with Gasteiger partial charge < -0.3 is 4.74 Å². The molecule has 84 valence electrons. The second-order valence-electron chi connectivity index (χ2n) is 3.12. The predicted octanol–water partition coefficient (Wildman–Crippen LogP) is 1.21. The molecule has 4 nitrogen and oxygen atoms in total. The van der Waals surface area contributed by atoms with Crippen molar-refractivity contribution in [2.75, 3.05) is 20.0 Å². The summed E-state index contributed by atoms with van der Waals surface area (Å²) < 4.78 is 31.0. The van der Waals surface area contributed by atoms with Crippen LogP contribution in [0.25, 0.3) is 0 Å². The van der Waals surface area contributed by atoms with Crippen molar-refractivity contribution in [2.45, 2.75) is 6.42 Å². The Morgan fingerprint density at radius 3 is 2.27 bits per heavy atom. The van der Waals surface area contributed by atoms with Crippen LogP contribution in [-0.2, 0) is 20.7 Å². The van der Waals surface area contributed by atoms with Crippen molar-refractivity contribution >= 4 is 10.1 Å². The number of hydrogen-bond donors (Lipinski definition) is 0. The number of benzene rings is 1. The largest absolute Gasteiger partial charge is 0.497 e. The maximum absolute atomic E-state index is 10.7. The van der Waals surface area contributed by atoms with Crippen molar-refractivity contribution in [2.24, 2.45) is 0 Å². The van der Waals surface area contributed by atoms with E-state index >= 15 is 0 Å². The first-order valence-electron chi connectivity index (χ1n) is 4.48. The lowest BCUT2D eigenvalue weighted by atomic mass is 10.1. The number of rotatable bonds is 5. The van der Waals surface area contributed by atoms with Crippen molar-refractivity contribution < 1.29 is 17.3 Å². The maximum atomic E-state index is 10.7. The average Bonchev–Trinajstić information content (AvgIpc) is 2.17. The number of hydrogen-bond acceptors (Lipinski definition) is 4. The van der Waals surface area contributed by atoms with E-state index in [0.717, 1.165) is 17.6 Å². The summed E-state index contributed by atoms with van der Waals surface area (Å²) >= 11 is 0. The summed E-state index contributed by atoms with van der Waals surface area (Å²) in [4.78, 5) is 0. The first-order chi connectivity index (χ1) is 7.01. The second kappa shape index (κ2) is 5.14. The minimum absolute atomic E-state index is 0.172. The van der Waals surface area contributed by atoms with Gasteiger partial charge in [-0.15, -0.1) is 0 Å². The van der Waals surface area contributed by atoms with E-state index in [1.54, 1.807) is 7.11 Å². The van der Waals surface area contributed by atoms with Gasteiger partial charge in [0, 0.05) is 0 Å². The zero-order valence-corrected chi connectivity index (χ0v) is 9.58. The van der Waals surface area contributed by atoms with E-state index in [-0.39, 0.29) is 6.61 Å². The van der Waals surface area contributed by atoms with Gasteiger partial charge in [0.2, 0.25) is 0 Å². The van der Waals surface area contributed by atoms with Gasteiger partial charge in [-0.05, 0) is 24.1 Å². The molecule has 1 aromatic rings. The van der Waals surface area contributed by atoms with Crippen molar-refractivity contribution in [3.63, 3.8) is 0 Å². The highest BCUT2D eigenvalue weighted by molar-refractivity contribution is 7.85. The summed E-state index contributed by atoms with van der Waals surface area (Å²) in [6, 6.07) is 7.42. The maximum Gasteiger partial charge on any atom is 0.264 e. The van der Waals surface area contributed by atoms with E-state index in [0.29, 0.717) is 6.42 Å². The van der Waals surface area contributed by atoms with Gasteiger partial charge in [-0.25, -0.2) is 0 Å². The van der Waals surface area contributed by atoms with Crippen LogP contribution in [0, 0.1) is 0 Å². The van der Waals surface area contributed by atoms with Gasteiger partial charge in [0.05, 0.1) is 20.0 Å². The molecule has 0 aliphatic rings. The fourth-order valence-electron chi connectivity index (χ4n) is 1.10. The average molecular weight is 230 g/mol. The fourth-order valence-corrected chi connectivity index (χ4v) is 1.49. The van der Waals surface area contributed by atoms with E-state index in [4.69, 9.17) is 4.74 Å². The Bertz CT molecular complexity index is 394. The molecule has 0 saturated carbocycles. The van der Waals surface area contributed by atoms with Crippen LogP contribution in [0.15, 0.2) is 24.3 Å². The van der Waals surface area contributed by atoms with Gasteiger partial charge in [-0.2, -0.15) is 8.42 Å². The van der Waals surface area contributed by atoms with Crippen molar-refractivity contribution in [3.05, 3.63) is 29.8 Å². The monoisotopic (exact) mass is 230 g/mol. The van der Waals surface area contributed by atoms with Crippen LogP contribution in [0.3, 0.4) is 0 Å². The third kappa shape index (κ3) is 4.80. The van der Waals surface area contributed by atoms with Gasteiger partial charge in [0.25, 0.3) is 10.1 Å². The normalized spacial score (nSPS) is 11.3. The van der Waals surface area contributed by atoms with Gasteiger partial charge in [-0.1, -0.05) is 12.1 Å². The standard InChI is InChI=1S/C10H14O4S/c1-13-10-5-3-9(4-6-10)7-8-14-15(2,11)12/h3-6H,7-8H2,1-2H3. The molecule has 0 spiro atoms. The summed E-state index contributed by atoms with van der Waals surface area (Å²) in [5, 5.41) is 0. The molecule has 0 amide bonds. The zero-order chi connectivity index (χ0) is 11.3. The summed E-state index contributed by atoms with van der Waals surface area (Å²) in [7, 11) is -1.73. The van der Waals surface area contributed by atoms with Gasteiger partial charge in [0.1, 0.15) is 5.75 Å². The van der Waals surface area contributed by atoms with E-state index in [9.17, 15) is 8.42 Å². The molecule has 0 bridgehead atoms. The predicted molar refractivity (Wildman–Crippen MR) is 57.5 cm³/mol. The Labute approximate surface area is 90.0 Å². The fraction of sp³-hybridized carbons (Fsp3) is 0.400. The van der Waals surface area contributed by atoms with Crippen LogP contribution in [0.2, 0.25) is 0 Å². The van der Waals surface area contributed by atoms with E-state index < -0.39 is 10.1 Å². The minimum Gasteiger partial charge on any atom is -0.497 e. The van der Waals surface area contributed by atoms with E-state index in [2.05, 4.69) is 4.18 Å². The zero-order valence-electron chi connectivity index (χ0n) is 8.76. The molecule has 0 heterocycles.